The molecule has 168 valence electrons. The van der Waals surface area contributed by atoms with Gasteiger partial charge in [0.05, 0.1) is 10.5 Å². The van der Waals surface area contributed by atoms with Crippen molar-refractivity contribution in [3.8, 4) is 0 Å². The zero-order chi connectivity index (χ0) is 23.7. The smallest absolute Gasteiger partial charge is 0.322 e. The van der Waals surface area contributed by atoms with Crippen molar-refractivity contribution in [2.24, 2.45) is 0 Å². The molecule has 2 N–H and O–H groups in total. The molecule has 1 amide bonds. The number of carbonyl (C=O) groups is 1. The number of rotatable bonds is 5. The third-order valence-corrected chi connectivity index (χ3v) is 6.35. The fourth-order valence-electron chi connectivity index (χ4n) is 3.00. The van der Waals surface area contributed by atoms with E-state index in [1.165, 1.54) is 30.3 Å². The number of amides is 1. The highest BCUT2D eigenvalue weighted by Crippen LogP contribution is 2.31. The van der Waals surface area contributed by atoms with Crippen LogP contribution in [0.25, 0.3) is 0 Å². The molecule has 0 unspecified atom stereocenters. The Hall–Kier alpha value is -3.33. The van der Waals surface area contributed by atoms with Crippen molar-refractivity contribution in [2.45, 2.75) is 31.8 Å². The zero-order valence-corrected chi connectivity index (χ0v) is 18.4. The molecule has 0 aromatic heterocycles. The van der Waals surface area contributed by atoms with E-state index in [0.29, 0.717) is 11.3 Å². The number of hydrogen-bond donors (Lipinski definition) is 2. The minimum Gasteiger partial charge on any atom is -0.322 e. The highest BCUT2D eigenvalue weighted by molar-refractivity contribution is 7.92. The van der Waals surface area contributed by atoms with Crippen molar-refractivity contribution in [3.05, 3.63) is 88.5 Å². The third-order valence-electron chi connectivity index (χ3n) is 4.97. The summed E-state index contributed by atoms with van der Waals surface area (Å²) in [4.78, 5) is 12.6. The average molecular weight is 462 g/mol. The summed E-state index contributed by atoms with van der Waals surface area (Å²) in [6.45, 7) is 5.37. The molecule has 0 saturated carbocycles. The van der Waals surface area contributed by atoms with Crippen molar-refractivity contribution in [2.75, 3.05) is 10.0 Å². The first-order valence-corrected chi connectivity index (χ1v) is 11.0. The second kappa shape index (κ2) is 8.66. The van der Waals surface area contributed by atoms with Gasteiger partial charge in [0.1, 0.15) is 0 Å². The van der Waals surface area contributed by atoms with Gasteiger partial charge in [-0.1, -0.05) is 18.2 Å². The molecule has 9 heteroatoms. The molecule has 0 saturated heterocycles. The van der Waals surface area contributed by atoms with Crippen LogP contribution in [0.15, 0.2) is 65.6 Å². The first-order valence-electron chi connectivity index (χ1n) is 9.56. The summed E-state index contributed by atoms with van der Waals surface area (Å²) in [6.07, 6.45) is -4.55. The molecule has 0 fully saturated rings. The van der Waals surface area contributed by atoms with E-state index < -0.39 is 27.7 Å². The van der Waals surface area contributed by atoms with Crippen LogP contribution in [0.1, 0.15) is 32.6 Å². The fraction of sp³-hybridized carbons (Fsp3) is 0.174. The Kier molecular flexibility index (Phi) is 6.32. The van der Waals surface area contributed by atoms with Crippen molar-refractivity contribution < 1.29 is 26.4 Å². The zero-order valence-electron chi connectivity index (χ0n) is 17.5. The molecule has 3 rings (SSSR count). The van der Waals surface area contributed by atoms with Crippen LogP contribution in [0.4, 0.5) is 24.5 Å². The molecule has 32 heavy (non-hydrogen) atoms. The number of anilines is 2. The van der Waals surface area contributed by atoms with Crippen LogP contribution in [0.5, 0.6) is 0 Å². The normalized spacial score (nSPS) is 11.8. The van der Waals surface area contributed by atoms with Gasteiger partial charge in [0.15, 0.2) is 0 Å². The number of halogens is 3. The second-order valence-electron chi connectivity index (χ2n) is 7.41. The van der Waals surface area contributed by atoms with Gasteiger partial charge in [0.2, 0.25) is 0 Å². The molecule has 0 aliphatic heterocycles. The van der Waals surface area contributed by atoms with Gasteiger partial charge in [-0.2, -0.15) is 13.2 Å². The van der Waals surface area contributed by atoms with Crippen molar-refractivity contribution in [1.82, 2.24) is 0 Å². The summed E-state index contributed by atoms with van der Waals surface area (Å²) in [7, 11) is -3.99. The number of carbonyl (C=O) groups excluding carboxylic acids is 1. The molecule has 0 spiro atoms. The SMILES string of the molecule is Cc1ccc(NS(=O)(=O)c2ccc(C)c(C(=O)Nc3cccc(C(F)(F)F)c3)c2)cc1C. The lowest BCUT2D eigenvalue weighted by Gasteiger charge is -2.13. The van der Waals surface area contributed by atoms with Crippen molar-refractivity contribution >= 4 is 27.3 Å². The number of benzene rings is 3. The van der Waals surface area contributed by atoms with Gasteiger partial charge >= 0.3 is 6.18 Å². The molecule has 0 atom stereocenters. The topological polar surface area (TPSA) is 75.3 Å². The van der Waals surface area contributed by atoms with Crippen LogP contribution in [0, 0.1) is 20.8 Å². The molecule has 3 aromatic rings. The Morgan fingerprint density at radius 3 is 2.16 bits per heavy atom. The van der Waals surface area contributed by atoms with E-state index in [2.05, 4.69) is 10.0 Å². The number of aryl methyl sites for hydroxylation is 3. The van der Waals surface area contributed by atoms with Gasteiger partial charge in [-0.05, 0) is 79.9 Å². The maximum atomic E-state index is 12.9. The van der Waals surface area contributed by atoms with Gasteiger partial charge in [-0.15, -0.1) is 0 Å². The van der Waals surface area contributed by atoms with Crippen LogP contribution in [-0.4, -0.2) is 14.3 Å². The minimum atomic E-state index is -4.55. The van der Waals surface area contributed by atoms with E-state index >= 15 is 0 Å². The highest BCUT2D eigenvalue weighted by atomic mass is 32.2. The number of nitrogens with one attached hydrogen (secondary N) is 2. The van der Waals surface area contributed by atoms with Crippen LogP contribution in [0.2, 0.25) is 0 Å². The third kappa shape index (κ3) is 5.28. The van der Waals surface area contributed by atoms with E-state index in [9.17, 15) is 26.4 Å². The summed E-state index contributed by atoms with van der Waals surface area (Å²) in [5, 5.41) is 2.40. The van der Waals surface area contributed by atoms with Crippen LogP contribution >= 0.6 is 0 Å². The molecular weight excluding hydrogens is 441 g/mol. The Bertz CT molecular complexity index is 1290. The van der Waals surface area contributed by atoms with E-state index in [1.54, 1.807) is 25.1 Å². The number of sulfonamides is 1. The van der Waals surface area contributed by atoms with Gasteiger partial charge in [0.25, 0.3) is 15.9 Å². The Morgan fingerprint density at radius 2 is 1.50 bits per heavy atom. The van der Waals surface area contributed by atoms with Crippen LogP contribution in [-0.2, 0) is 16.2 Å². The molecule has 5 nitrogen and oxygen atoms in total. The van der Waals surface area contributed by atoms with E-state index in [0.717, 1.165) is 23.3 Å². The molecular formula is C23H21F3N2O3S. The quantitative estimate of drug-likeness (QED) is 0.512. The minimum absolute atomic E-state index is 0.0328. The summed E-state index contributed by atoms with van der Waals surface area (Å²) < 4.78 is 66.9. The predicted molar refractivity (Wildman–Crippen MR) is 117 cm³/mol. The molecule has 0 bridgehead atoms. The van der Waals surface area contributed by atoms with Crippen molar-refractivity contribution in [1.29, 1.82) is 0 Å². The van der Waals surface area contributed by atoms with E-state index in [1.807, 2.05) is 13.8 Å². The standard InChI is InChI=1S/C23H21F3N2O3S/c1-14-7-9-19(11-16(14)3)28-32(30,31)20-10-8-15(2)21(13-20)22(29)27-18-6-4-5-17(12-18)23(24,25)26/h4-13,28H,1-3H3,(H,27,29). The van der Waals surface area contributed by atoms with Gasteiger partial charge < -0.3 is 5.32 Å². The number of alkyl halides is 3. The first kappa shape index (κ1) is 23.3. The summed E-state index contributed by atoms with van der Waals surface area (Å²) >= 11 is 0. The Labute approximate surface area is 184 Å². The van der Waals surface area contributed by atoms with Gasteiger partial charge in [-0.3, -0.25) is 9.52 Å². The highest BCUT2D eigenvalue weighted by Gasteiger charge is 2.30. The molecule has 0 aliphatic carbocycles. The largest absolute Gasteiger partial charge is 0.416 e. The number of hydrogen-bond acceptors (Lipinski definition) is 3. The maximum absolute atomic E-state index is 12.9. The summed E-state index contributed by atoms with van der Waals surface area (Å²) in [6, 6.07) is 13.4. The molecule has 0 heterocycles. The summed E-state index contributed by atoms with van der Waals surface area (Å²) in [5.74, 6) is -0.718. The lowest BCUT2D eigenvalue weighted by molar-refractivity contribution is -0.137. The monoisotopic (exact) mass is 462 g/mol. The molecule has 3 aromatic carbocycles. The Morgan fingerprint density at radius 1 is 0.812 bits per heavy atom. The maximum Gasteiger partial charge on any atom is 0.416 e. The lowest BCUT2D eigenvalue weighted by Crippen LogP contribution is -2.17. The van der Waals surface area contributed by atoms with Gasteiger partial charge in [0, 0.05) is 16.9 Å². The molecule has 0 aliphatic rings. The van der Waals surface area contributed by atoms with E-state index in [-0.39, 0.29) is 16.1 Å². The lowest BCUT2D eigenvalue weighted by atomic mass is 10.1. The van der Waals surface area contributed by atoms with Gasteiger partial charge in [-0.25, -0.2) is 8.42 Å². The second-order valence-corrected chi connectivity index (χ2v) is 9.10. The Balaban J connectivity index is 1.88. The van der Waals surface area contributed by atoms with Crippen LogP contribution in [0.3, 0.4) is 0 Å². The fourth-order valence-corrected chi connectivity index (χ4v) is 4.08. The summed E-state index contributed by atoms with van der Waals surface area (Å²) in [5.41, 5.74) is 1.85. The van der Waals surface area contributed by atoms with Crippen molar-refractivity contribution in [3.63, 3.8) is 0 Å². The average Bonchev–Trinajstić information content (AvgIpc) is 2.70. The van der Waals surface area contributed by atoms with Crippen LogP contribution < -0.4 is 10.0 Å². The van der Waals surface area contributed by atoms with E-state index in [4.69, 9.17) is 0 Å². The predicted octanol–water partition coefficient (Wildman–Crippen LogP) is 5.68. The molecule has 0 radical (unpaired) electrons. The first-order chi connectivity index (χ1) is 14.9.